The molecule has 0 spiro atoms. The van der Waals surface area contributed by atoms with E-state index in [9.17, 15) is 10.8 Å². The topological polar surface area (TPSA) is 84.2 Å². The van der Waals surface area contributed by atoms with Gasteiger partial charge in [0.1, 0.15) is 17.2 Å². The van der Waals surface area contributed by atoms with E-state index in [0.29, 0.717) is 11.3 Å². The van der Waals surface area contributed by atoms with Crippen LogP contribution >= 0.6 is 0 Å². The van der Waals surface area contributed by atoms with Crippen LogP contribution in [0.4, 0.5) is 11.4 Å². The van der Waals surface area contributed by atoms with E-state index in [2.05, 4.69) is 293 Å². The zero-order chi connectivity index (χ0) is 67.0. The van der Waals surface area contributed by atoms with Gasteiger partial charge in [-0.2, -0.15) is 0 Å². The lowest BCUT2D eigenvalue weighted by atomic mass is 9.91. The molecule has 0 amide bonds. The van der Waals surface area contributed by atoms with E-state index < -0.39 is 0 Å². The highest BCUT2D eigenvalue weighted by molar-refractivity contribution is 6.61. The highest BCUT2D eigenvalue weighted by Crippen LogP contribution is 2.42. The van der Waals surface area contributed by atoms with Crippen molar-refractivity contribution in [3.05, 3.63) is 351 Å². The normalized spacial score (nSPS) is 12.5. The second-order valence-corrected chi connectivity index (χ2v) is 25.5. The van der Waals surface area contributed by atoms with Gasteiger partial charge in [0.2, 0.25) is 0 Å². The lowest BCUT2D eigenvalue weighted by Crippen LogP contribution is -2.29. The molecule has 17 aromatic rings. The first kappa shape index (κ1) is 59.2. The number of anilines is 2. The standard InChI is InChI=1S/C92H64N6O2/c1-99-75-49-35-64(36-50-75)63-27-39-70(40-28-63)95(71-47-51-76(100-2)52-48-71)90-56-53-77(91(93)92(90)94)67-33-45-74(46-34-67)98-88-54-37-68(65-23-19-59(20-24-65)61-29-41-72(42-30-61)96-84-15-7-3-11-78(84)79-12-4-8-16-85(79)96)57-82(88)83-58-69(38-55-89(83)98)66-25-21-60(22-26-66)62-31-43-73(44-32-62)97-86-17-9-5-13-80(86)81-14-6-10-18-87(81)97/h3-58,93-94H,1-2H3. The van der Waals surface area contributed by atoms with Crippen LogP contribution in [0.5, 0.6) is 11.5 Å². The SMILES string of the molecule is COc1ccc(-c2ccc(N(C3=CC=C(c4ccc(-n5c6ccc(-c7ccc(-c8ccc(-n9c%10ccccc%10c%10ccccc%109)cc8)cc7)cc6c6cc(-c7ccc(-c8ccc(-n9c%10ccccc%10c%10ccccc%109)cc8)cc7)ccc65)cc4)C(=N)C3=N)c3ccc(OC)cc3)cc2)cc1. The number of allylic oxidation sites excluding steroid dienone is 4. The van der Waals surface area contributed by atoms with Crippen LogP contribution in [0.25, 0.3) is 144 Å². The third-order valence-corrected chi connectivity index (χ3v) is 20.0. The van der Waals surface area contributed by atoms with Crippen LogP contribution in [0, 0.1) is 10.8 Å². The number of nitrogens with one attached hydrogen (secondary N) is 2. The maximum atomic E-state index is 9.67. The van der Waals surface area contributed by atoms with Gasteiger partial charge in [0.05, 0.1) is 58.7 Å². The highest BCUT2D eigenvalue weighted by atomic mass is 16.5. The summed E-state index contributed by atoms with van der Waals surface area (Å²) in [6, 6.07) is 117. The number of para-hydroxylation sites is 4. The molecule has 18 rings (SSSR count). The van der Waals surface area contributed by atoms with Gasteiger partial charge in [0, 0.05) is 66.3 Å². The smallest absolute Gasteiger partial charge is 0.119 e. The van der Waals surface area contributed by atoms with Crippen molar-refractivity contribution in [1.29, 1.82) is 10.8 Å². The quantitative estimate of drug-likeness (QED) is 0.106. The number of fused-ring (bicyclic) bond motifs is 9. The summed E-state index contributed by atoms with van der Waals surface area (Å²) in [7, 11) is 3.33. The summed E-state index contributed by atoms with van der Waals surface area (Å²) in [6.07, 6.45) is 3.94. The molecule has 0 atom stereocenters. The highest BCUT2D eigenvalue weighted by Gasteiger charge is 2.27. The molecule has 0 fully saturated rings. The molecular formula is C92H64N6O2. The summed E-state index contributed by atoms with van der Waals surface area (Å²) in [5.41, 5.74) is 25.5. The second-order valence-electron chi connectivity index (χ2n) is 25.5. The molecule has 8 heteroatoms. The van der Waals surface area contributed by atoms with E-state index in [1.807, 2.05) is 65.6 Å². The molecule has 0 aliphatic heterocycles. The van der Waals surface area contributed by atoms with Crippen molar-refractivity contribution >= 4 is 93.8 Å². The Morgan fingerprint density at radius 1 is 0.250 bits per heavy atom. The monoisotopic (exact) mass is 1280 g/mol. The molecule has 474 valence electrons. The predicted molar refractivity (Wildman–Crippen MR) is 416 cm³/mol. The Labute approximate surface area is 578 Å². The predicted octanol–water partition coefficient (Wildman–Crippen LogP) is 23.5. The van der Waals surface area contributed by atoms with Gasteiger partial charge >= 0.3 is 0 Å². The van der Waals surface area contributed by atoms with Gasteiger partial charge in [-0.1, -0.05) is 194 Å². The Morgan fingerprint density at radius 3 is 0.880 bits per heavy atom. The van der Waals surface area contributed by atoms with Crippen molar-refractivity contribution in [2.24, 2.45) is 0 Å². The van der Waals surface area contributed by atoms with Crippen molar-refractivity contribution in [2.75, 3.05) is 19.1 Å². The Balaban J connectivity index is 0.679. The van der Waals surface area contributed by atoms with Crippen molar-refractivity contribution < 1.29 is 9.47 Å². The number of hydrogen-bond donors (Lipinski definition) is 2. The van der Waals surface area contributed by atoms with Crippen molar-refractivity contribution in [1.82, 2.24) is 13.7 Å². The van der Waals surface area contributed by atoms with Crippen molar-refractivity contribution in [2.45, 2.75) is 0 Å². The van der Waals surface area contributed by atoms with Crippen LogP contribution < -0.4 is 14.4 Å². The minimum absolute atomic E-state index is 0.116. The maximum absolute atomic E-state index is 9.67. The number of aromatic nitrogens is 3. The molecule has 0 radical (unpaired) electrons. The van der Waals surface area contributed by atoms with E-state index in [1.54, 1.807) is 14.2 Å². The molecule has 14 aromatic carbocycles. The fourth-order valence-electron chi connectivity index (χ4n) is 14.9. The van der Waals surface area contributed by atoms with Crippen LogP contribution in [0.1, 0.15) is 5.56 Å². The van der Waals surface area contributed by atoms with Gasteiger partial charge < -0.3 is 28.1 Å². The number of hydrogen-bond acceptors (Lipinski definition) is 5. The van der Waals surface area contributed by atoms with Crippen molar-refractivity contribution in [3.63, 3.8) is 0 Å². The maximum Gasteiger partial charge on any atom is 0.119 e. The summed E-state index contributed by atoms with van der Waals surface area (Å²) < 4.78 is 18.0. The summed E-state index contributed by atoms with van der Waals surface area (Å²) >= 11 is 0. The molecule has 0 saturated carbocycles. The zero-order valence-electron chi connectivity index (χ0n) is 54.9. The molecular weight excluding hydrogens is 1220 g/mol. The molecule has 0 bridgehead atoms. The van der Waals surface area contributed by atoms with Crippen LogP contribution in [-0.4, -0.2) is 39.3 Å². The number of benzene rings is 14. The Kier molecular flexibility index (Phi) is 14.5. The van der Waals surface area contributed by atoms with Crippen LogP contribution in [0.2, 0.25) is 0 Å². The van der Waals surface area contributed by atoms with Gasteiger partial charge in [0.25, 0.3) is 0 Å². The van der Waals surface area contributed by atoms with Crippen LogP contribution in [0.15, 0.2) is 345 Å². The first-order valence-corrected chi connectivity index (χ1v) is 33.7. The fraction of sp³-hybridized carbons (Fsp3) is 0.0217. The first-order valence-electron chi connectivity index (χ1n) is 33.7. The molecule has 2 N–H and O–H groups in total. The third kappa shape index (κ3) is 10.2. The number of rotatable bonds is 14. The molecule has 0 saturated heterocycles. The van der Waals surface area contributed by atoms with Gasteiger partial charge in [0.15, 0.2) is 0 Å². The van der Waals surface area contributed by atoms with Crippen LogP contribution in [0.3, 0.4) is 0 Å². The van der Waals surface area contributed by atoms with Gasteiger partial charge in [-0.05, 0) is 207 Å². The average molecular weight is 1290 g/mol. The van der Waals surface area contributed by atoms with Crippen LogP contribution in [-0.2, 0) is 0 Å². The van der Waals surface area contributed by atoms with E-state index in [-0.39, 0.29) is 11.4 Å². The lowest BCUT2D eigenvalue weighted by molar-refractivity contribution is 0.415. The van der Waals surface area contributed by atoms with Gasteiger partial charge in [-0.15, -0.1) is 0 Å². The average Bonchev–Trinajstić information content (AvgIpc) is 1.58. The molecule has 8 nitrogen and oxygen atoms in total. The largest absolute Gasteiger partial charge is 0.497 e. The zero-order valence-corrected chi connectivity index (χ0v) is 54.9. The summed E-state index contributed by atoms with van der Waals surface area (Å²) in [5, 5.41) is 26.6. The minimum Gasteiger partial charge on any atom is -0.497 e. The van der Waals surface area contributed by atoms with Gasteiger partial charge in [-0.25, -0.2) is 0 Å². The summed E-state index contributed by atoms with van der Waals surface area (Å²) in [6.45, 7) is 0. The van der Waals surface area contributed by atoms with E-state index in [1.165, 1.54) is 43.6 Å². The Bertz CT molecular complexity index is 5770. The summed E-state index contributed by atoms with van der Waals surface area (Å²) in [5.74, 6) is 1.53. The Hall–Kier alpha value is -13.3. The Morgan fingerprint density at radius 2 is 0.520 bits per heavy atom. The van der Waals surface area contributed by atoms with E-state index in [0.717, 1.165) is 123 Å². The van der Waals surface area contributed by atoms with Gasteiger partial charge in [-0.3, -0.25) is 10.8 Å². The second kappa shape index (κ2) is 24.4. The fourth-order valence-corrected chi connectivity index (χ4v) is 14.9. The first-order chi connectivity index (χ1) is 49.3. The number of methoxy groups -OCH3 is 2. The lowest BCUT2D eigenvalue weighted by Gasteiger charge is -2.30. The number of ether oxygens (including phenoxy) is 2. The number of nitrogens with zero attached hydrogens (tertiary/aromatic N) is 4. The van der Waals surface area contributed by atoms with E-state index >= 15 is 0 Å². The minimum atomic E-state index is 0.116. The van der Waals surface area contributed by atoms with E-state index in [4.69, 9.17) is 9.47 Å². The molecule has 0 unspecified atom stereocenters. The molecule has 100 heavy (non-hydrogen) atoms. The summed E-state index contributed by atoms with van der Waals surface area (Å²) in [4.78, 5) is 2.04. The third-order valence-electron chi connectivity index (χ3n) is 20.0. The molecule has 3 heterocycles. The molecule has 1 aliphatic carbocycles. The van der Waals surface area contributed by atoms with Crippen molar-refractivity contribution in [3.8, 4) is 84.2 Å². The molecule has 3 aromatic heterocycles. The molecule has 1 aliphatic rings.